The molecule has 0 amide bonds. The summed E-state index contributed by atoms with van der Waals surface area (Å²) in [4.78, 5) is 3.66. The third-order valence-corrected chi connectivity index (χ3v) is 9.19. The van der Waals surface area contributed by atoms with E-state index in [-0.39, 0.29) is 22.9 Å². The van der Waals surface area contributed by atoms with Gasteiger partial charge in [-0.1, -0.05) is 67.3 Å². The van der Waals surface area contributed by atoms with E-state index >= 15 is 0 Å². The summed E-state index contributed by atoms with van der Waals surface area (Å²) in [5, 5.41) is 4.28. The standard InChI is InChI=1S/C19H18P.C9H8F3NO.BrH/c1-20(17-11-5-2-6-12-17,18-13-7-3-8-14-18)19-15-9-4-10-16-19;1-2-7-3-4-8(13-5-7)14-6-9(10,11)12;/h2-16H,1H3;2-5H,1,6H2;1H/q+1;;/p-1. The fourth-order valence-corrected chi connectivity index (χ4v) is 6.58. The number of ether oxygens (including phenoxy) is 1. The van der Waals surface area contributed by atoms with Crippen molar-refractivity contribution in [2.75, 3.05) is 13.3 Å². The molecule has 0 unspecified atom stereocenters. The van der Waals surface area contributed by atoms with Crippen LogP contribution in [0.1, 0.15) is 5.56 Å². The average molecular weight is 560 g/mol. The van der Waals surface area contributed by atoms with Crippen LogP contribution in [0.3, 0.4) is 0 Å². The normalized spacial score (nSPS) is 10.9. The van der Waals surface area contributed by atoms with Gasteiger partial charge in [0.2, 0.25) is 5.88 Å². The molecular weight excluding hydrogens is 534 g/mol. The van der Waals surface area contributed by atoms with Gasteiger partial charge in [0, 0.05) is 12.3 Å². The Morgan fingerprint density at radius 1 is 0.771 bits per heavy atom. The van der Waals surface area contributed by atoms with Crippen molar-refractivity contribution in [1.29, 1.82) is 0 Å². The van der Waals surface area contributed by atoms with Crippen molar-refractivity contribution in [1.82, 2.24) is 4.98 Å². The van der Waals surface area contributed by atoms with Crippen LogP contribution in [0.15, 0.2) is 116 Å². The lowest BCUT2D eigenvalue weighted by molar-refractivity contribution is -0.154. The smallest absolute Gasteiger partial charge is 0.422 e. The summed E-state index contributed by atoms with van der Waals surface area (Å²) in [7, 11) is -1.53. The van der Waals surface area contributed by atoms with Gasteiger partial charge < -0.3 is 21.7 Å². The SMILES string of the molecule is C=Cc1ccc(OCC(F)(F)F)nc1.C[P+](c1ccccc1)(c1ccccc1)c1ccccc1.[Br-]. The number of hydrogen-bond donors (Lipinski definition) is 0. The highest BCUT2D eigenvalue weighted by Gasteiger charge is 2.39. The highest BCUT2D eigenvalue weighted by atomic mass is 79.9. The van der Waals surface area contributed by atoms with Crippen molar-refractivity contribution in [3.8, 4) is 5.88 Å². The van der Waals surface area contributed by atoms with E-state index in [1.54, 1.807) is 12.1 Å². The molecule has 1 heterocycles. The summed E-state index contributed by atoms with van der Waals surface area (Å²) >= 11 is 0. The lowest BCUT2D eigenvalue weighted by Crippen LogP contribution is -3.00. The zero-order valence-electron chi connectivity index (χ0n) is 19.2. The van der Waals surface area contributed by atoms with Crippen LogP contribution in [0.4, 0.5) is 13.2 Å². The maximum absolute atomic E-state index is 11.7. The fourth-order valence-electron chi connectivity index (χ4n) is 3.38. The Bertz CT molecular complexity index is 1060. The second-order valence-corrected chi connectivity index (χ2v) is 11.1. The van der Waals surface area contributed by atoms with E-state index in [4.69, 9.17) is 0 Å². The van der Waals surface area contributed by atoms with Crippen molar-refractivity contribution in [3.05, 3.63) is 121 Å². The van der Waals surface area contributed by atoms with Gasteiger partial charge in [-0.2, -0.15) is 13.2 Å². The molecule has 0 aliphatic carbocycles. The second kappa shape index (κ2) is 13.2. The van der Waals surface area contributed by atoms with Gasteiger partial charge >= 0.3 is 6.18 Å². The Balaban J connectivity index is 0.000000256. The van der Waals surface area contributed by atoms with Gasteiger partial charge in [0.1, 0.15) is 23.2 Å². The summed E-state index contributed by atoms with van der Waals surface area (Å²) in [6, 6.07) is 35.6. The van der Waals surface area contributed by atoms with Crippen LogP contribution in [0.25, 0.3) is 6.08 Å². The topological polar surface area (TPSA) is 22.1 Å². The van der Waals surface area contributed by atoms with Gasteiger partial charge in [-0.15, -0.1) is 0 Å². The molecule has 0 saturated carbocycles. The van der Waals surface area contributed by atoms with E-state index in [0.717, 1.165) is 5.56 Å². The van der Waals surface area contributed by atoms with E-state index in [9.17, 15) is 13.2 Å². The number of aromatic nitrogens is 1. The minimum Gasteiger partial charge on any atom is -1.00 e. The fraction of sp³-hybridized carbons (Fsp3) is 0.107. The summed E-state index contributed by atoms with van der Waals surface area (Å²) in [5.41, 5.74) is 0.726. The highest BCUT2D eigenvalue weighted by Crippen LogP contribution is 2.51. The van der Waals surface area contributed by atoms with Crippen LogP contribution in [0, 0.1) is 0 Å². The Labute approximate surface area is 215 Å². The molecule has 0 aliphatic heterocycles. The van der Waals surface area contributed by atoms with Crippen LogP contribution < -0.4 is 37.6 Å². The van der Waals surface area contributed by atoms with E-state index in [1.165, 1.54) is 28.2 Å². The molecule has 0 N–H and O–H groups in total. The largest absolute Gasteiger partial charge is 1.00 e. The summed E-state index contributed by atoms with van der Waals surface area (Å²) in [6.07, 6.45) is -1.40. The van der Waals surface area contributed by atoms with Gasteiger partial charge in [-0.25, -0.2) is 4.98 Å². The number of benzene rings is 3. The van der Waals surface area contributed by atoms with Crippen molar-refractivity contribution < 1.29 is 34.9 Å². The van der Waals surface area contributed by atoms with Gasteiger partial charge in [0.25, 0.3) is 0 Å². The predicted molar refractivity (Wildman–Crippen MR) is 137 cm³/mol. The van der Waals surface area contributed by atoms with Crippen LogP contribution in [-0.4, -0.2) is 24.4 Å². The summed E-state index contributed by atoms with van der Waals surface area (Å²) in [5.74, 6) is -0.0482. The number of halogens is 4. The number of hydrogen-bond acceptors (Lipinski definition) is 2. The molecule has 7 heteroatoms. The molecule has 4 aromatic rings. The molecular formula is C28H26BrF3NOP. The lowest BCUT2D eigenvalue weighted by atomic mass is 10.3. The molecule has 3 aromatic carbocycles. The van der Waals surface area contributed by atoms with E-state index in [1.807, 2.05) is 0 Å². The van der Waals surface area contributed by atoms with Crippen molar-refractivity contribution in [3.63, 3.8) is 0 Å². The first kappa shape index (κ1) is 28.3. The maximum Gasteiger partial charge on any atom is 0.422 e. The van der Waals surface area contributed by atoms with E-state index in [2.05, 4.69) is 114 Å². The molecule has 0 fully saturated rings. The first-order valence-electron chi connectivity index (χ1n) is 10.6. The Kier molecular flexibility index (Phi) is 10.7. The van der Waals surface area contributed by atoms with Crippen molar-refractivity contribution in [2.45, 2.75) is 6.18 Å². The van der Waals surface area contributed by atoms with Crippen molar-refractivity contribution in [2.24, 2.45) is 0 Å². The number of alkyl halides is 3. The average Bonchev–Trinajstić information content (AvgIpc) is 2.89. The maximum atomic E-state index is 11.7. The monoisotopic (exact) mass is 559 g/mol. The minimum atomic E-state index is -4.33. The van der Waals surface area contributed by atoms with Gasteiger partial charge in [0.15, 0.2) is 6.61 Å². The number of rotatable bonds is 6. The van der Waals surface area contributed by atoms with Gasteiger partial charge in [-0.3, -0.25) is 0 Å². The summed E-state index contributed by atoms with van der Waals surface area (Å²) in [6.45, 7) is 4.57. The van der Waals surface area contributed by atoms with Gasteiger partial charge in [0.05, 0.1) is 6.66 Å². The number of pyridine rings is 1. The minimum absolute atomic E-state index is 0. The van der Waals surface area contributed by atoms with Gasteiger partial charge in [-0.05, 0) is 48.0 Å². The predicted octanol–water partition coefficient (Wildman–Crippen LogP) is 3.28. The molecule has 0 atom stereocenters. The molecule has 182 valence electrons. The molecule has 35 heavy (non-hydrogen) atoms. The van der Waals surface area contributed by atoms with Crippen LogP contribution in [0.2, 0.25) is 0 Å². The molecule has 0 spiro atoms. The summed E-state index contributed by atoms with van der Waals surface area (Å²) < 4.78 is 39.6. The molecule has 0 saturated heterocycles. The number of nitrogens with zero attached hydrogens (tertiary/aromatic N) is 1. The molecule has 2 nitrogen and oxygen atoms in total. The lowest BCUT2D eigenvalue weighted by Gasteiger charge is -2.22. The Morgan fingerprint density at radius 2 is 1.20 bits per heavy atom. The molecule has 4 rings (SSSR count). The Morgan fingerprint density at radius 3 is 1.51 bits per heavy atom. The zero-order valence-corrected chi connectivity index (χ0v) is 21.7. The third-order valence-electron chi connectivity index (χ3n) is 5.20. The third kappa shape index (κ3) is 8.05. The quantitative estimate of drug-likeness (QED) is 0.338. The van der Waals surface area contributed by atoms with Crippen LogP contribution in [-0.2, 0) is 0 Å². The zero-order chi connectivity index (χ0) is 24.4. The molecule has 1 aromatic heterocycles. The second-order valence-electron chi connectivity index (χ2n) is 7.55. The van der Waals surface area contributed by atoms with Crippen molar-refractivity contribution >= 4 is 29.3 Å². The molecule has 0 bridgehead atoms. The Hall–Kier alpha value is -2.95. The first-order valence-corrected chi connectivity index (χ1v) is 12.9. The molecule has 0 radical (unpaired) electrons. The first-order chi connectivity index (χ1) is 16.3. The van der Waals surface area contributed by atoms with E-state index < -0.39 is 20.0 Å². The molecule has 0 aliphatic rings. The van der Waals surface area contributed by atoms with Crippen LogP contribution in [0.5, 0.6) is 5.88 Å². The van der Waals surface area contributed by atoms with E-state index in [0.29, 0.717) is 0 Å². The highest BCUT2D eigenvalue weighted by molar-refractivity contribution is 7.95. The van der Waals surface area contributed by atoms with Crippen LogP contribution >= 0.6 is 7.26 Å².